The van der Waals surface area contributed by atoms with Crippen LogP contribution in [0.25, 0.3) is 0 Å². The Kier molecular flexibility index (Phi) is 7.98. The highest BCUT2D eigenvalue weighted by atomic mass is 32.1. The summed E-state index contributed by atoms with van der Waals surface area (Å²) in [6, 6.07) is 13.9. The van der Waals surface area contributed by atoms with E-state index < -0.39 is 12.1 Å². The number of alkyl halides is 3. The number of nitrogens with zero attached hydrogens (tertiary/aromatic N) is 2. The van der Waals surface area contributed by atoms with Crippen LogP contribution in [-0.2, 0) is 4.79 Å². The molecule has 2 N–H and O–H groups in total. The number of amides is 2. The van der Waals surface area contributed by atoms with Crippen LogP contribution >= 0.6 is 12.2 Å². The van der Waals surface area contributed by atoms with E-state index in [1.807, 2.05) is 18.7 Å². The summed E-state index contributed by atoms with van der Waals surface area (Å²) in [6.45, 7) is 4.37. The summed E-state index contributed by atoms with van der Waals surface area (Å²) in [5.41, 5.74) is 1.85. The molecular formula is C23H25F3N4O3S. The van der Waals surface area contributed by atoms with Gasteiger partial charge in [-0.2, -0.15) is 13.2 Å². The molecule has 34 heavy (non-hydrogen) atoms. The molecule has 1 aliphatic heterocycles. The minimum Gasteiger partial charge on any atom is -0.491 e. The minimum atomic E-state index is -4.85. The highest BCUT2D eigenvalue weighted by molar-refractivity contribution is 7.80. The van der Waals surface area contributed by atoms with E-state index >= 15 is 0 Å². The van der Waals surface area contributed by atoms with Crippen LogP contribution < -0.4 is 20.3 Å². The van der Waals surface area contributed by atoms with Crippen molar-refractivity contribution in [1.82, 2.24) is 10.2 Å². The van der Waals surface area contributed by atoms with Gasteiger partial charge in [0.1, 0.15) is 5.75 Å². The normalized spacial score (nSPS) is 14.1. The Morgan fingerprint density at radius 3 is 2.26 bits per heavy atom. The molecule has 1 heterocycles. The van der Waals surface area contributed by atoms with E-state index in [2.05, 4.69) is 10.6 Å². The molecular weight excluding hydrogens is 469 g/mol. The Hall–Kier alpha value is -3.34. The molecule has 0 radical (unpaired) electrons. The lowest BCUT2D eigenvalue weighted by Gasteiger charge is -2.36. The number of carbonyl (C=O) groups is 2. The van der Waals surface area contributed by atoms with Gasteiger partial charge in [-0.1, -0.05) is 6.07 Å². The van der Waals surface area contributed by atoms with Crippen molar-refractivity contribution in [3.8, 4) is 5.75 Å². The molecule has 2 amide bonds. The molecule has 0 aliphatic carbocycles. The number of hydrogen-bond acceptors (Lipinski definition) is 5. The predicted molar refractivity (Wildman–Crippen MR) is 127 cm³/mol. The van der Waals surface area contributed by atoms with Crippen LogP contribution in [0.15, 0.2) is 48.5 Å². The lowest BCUT2D eigenvalue weighted by molar-refractivity contribution is -0.185. The largest absolute Gasteiger partial charge is 0.491 e. The van der Waals surface area contributed by atoms with Gasteiger partial charge < -0.3 is 19.9 Å². The van der Waals surface area contributed by atoms with E-state index in [9.17, 15) is 22.8 Å². The van der Waals surface area contributed by atoms with Crippen LogP contribution in [0, 0.1) is 0 Å². The van der Waals surface area contributed by atoms with Crippen molar-refractivity contribution in [2.75, 3.05) is 36.4 Å². The minimum absolute atomic E-state index is 0.00211. The standard InChI is InChI=1S/C23H25F3N4O3S/c1-15(2)33-19-5-3-4-16(14-19)20(31)28-22(34)27-17-6-8-18(9-7-17)29-10-12-30(13-11-29)21(32)23(24,25)26/h3-9,14-15H,10-13H2,1-2H3,(H2,27,28,31,34). The van der Waals surface area contributed by atoms with Crippen LogP contribution in [0.3, 0.4) is 0 Å². The van der Waals surface area contributed by atoms with Gasteiger partial charge in [0, 0.05) is 43.1 Å². The van der Waals surface area contributed by atoms with Crippen molar-refractivity contribution in [1.29, 1.82) is 0 Å². The quantitative estimate of drug-likeness (QED) is 0.616. The van der Waals surface area contributed by atoms with E-state index in [1.165, 1.54) is 0 Å². The van der Waals surface area contributed by atoms with Gasteiger partial charge in [-0.15, -0.1) is 0 Å². The Balaban J connectivity index is 1.51. The molecule has 2 aromatic rings. The number of ether oxygens (including phenoxy) is 1. The first-order valence-electron chi connectivity index (χ1n) is 10.6. The predicted octanol–water partition coefficient (Wildman–Crippen LogP) is 3.81. The van der Waals surface area contributed by atoms with Gasteiger partial charge in [0.2, 0.25) is 0 Å². The third-order valence-electron chi connectivity index (χ3n) is 4.99. The molecule has 11 heteroatoms. The second-order valence-electron chi connectivity index (χ2n) is 7.93. The number of piperazine rings is 1. The topological polar surface area (TPSA) is 73.9 Å². The molecule has 3 rings (SSSR count). The van der Waals surface area contributed by atoms with E-state index in [0.717, 1.165) is 10.6 Å². The summed E-state index contributed by atoms with van der Waals surface area (Å²) >= 11 is 5.23. The second-order valence-corrected chi connectivity index (χ2v) is 8.33. The van der Waals surface area contributed by atoms with Crippen LogP contribution in [0.2, 0.25) is 0 Å². The van der Waals surface area contributed by atoms with Crippen LogP contribution in [0.5, 0.6) is 5.75 Å². The van der Waals surface area contributed by atoms with Crippen molar-refractivity contribution in [2.45, 2.75) is 26.1 Å². The zero-order chi connectivity index (χ0) is 24.9. The highest BCUT2D eigenvalue weighted by Gasteiger charge is 2.43. The van der Waals surface area contributed by atoms with Gasteiger partial charge in [0.25, 0.3) is 5.91 Å². The maximum atomic E-state index is 12.6. The fraction of sp³-hybridized carbons (Fsp3) is 0.348. The zero-order valence-electron chi connectivity index (χ0n) is 18.7. The Morgan fingerprint density at radius 2 is 1.68 bits per heavy atom. The zero-order valence-corrected chi connectivity index (χ0v) is 19.5. The molecule has 0 bridgehead atoms. The molecule has 1 aliphatic rings. The summed E-state index contributed by atoms with van der Waals surface area (Å²) in [4.78, 5) is 26.6. The second kappa shape index (κ2) is 10.7. The first-order chi connectivity index (χ1) is 16.0. The molecule has 0 aromatic heterocycles. The van der Waals surface area contributed by atoms with E-state index in [-0.39, 0.29) is 30.2 Å². The van der Waals surface area contributed by atoms with Gasteiger partial charge in [0.15, 0.2) is 5.11 Å². The van der Waals surface area contributed by atoms with Crippen LogP contribution in [-0.4, -0.2) is 60.3 Å². The molecule has 0 saturated carbocycles. The Labute approximate surface area is 200 Å². The van der Waals surface area contributed by atoms with Crippen LogP contribution in [0.1, 0.15) is 24.2 Å². The molecule has 0 unspecified atom stereocenters. The first-order valence-corrected chi connectivity index (χ1v) is 11.0. The Bertz CT molecular complexity index is 1040. The maximum absolute atomic E-state index is 12.6. The van der Waals surface area contributed by atoms with Crippen molar-refractivity contribution in [2.24, 2.45) is 0 Å². The number of nitrogens with one attached hydrogen (secondary N) is 2. The SMILES string of the molecule is CC(C)Oc1cccc(C(=O)NC(=S)Nc2ccc(N3CCN(C(=O)C(F)(F)F)CC3)cc2)c1. The lowest BCUT2D eigenvalue weighted by atomic mass is 10.2. The summed E-state index contributed by atoms with van der Waals surface area (Å²) in [5, 5.41) is 5.66. The number of benzene rings is 2. The maximum Gasteiger partial charge on any atom is 0.471 e. The average Bonchev–Trinajstić information content (AvgIpc) is 2.78. The number of halogens is 3. The van der Waals surface area contributed by atoms with Crippen molar-refractivity contribution in [3.05, 3.63) is 54.1 Å². The number of rotatable bonds is 5. The fourth-order valence-electron chi connectivity index (χ4n) is 3.42. The highest BCUT2D eigenvalue weighted by Crippen LogP contribution is 2.23. The third kappa shape index (κ3) is 6.83. The van der Waals surface area contributed by atoms with Gasteiger partial charge >= 0.3 is 12.1 Å². The van der Waals surface area contributed by atoms with Crippen molar-refractivity contribution >= 4 is 40.5 Å². The van der Waals surface area contributed by atoms with Gasteiger partial charge in [0.05, 0.1) is 6.10 Å². The number of carbonyl (C=O) groups excluding carboxylic acids is 2. The van der Waals surface area contributed by atoms with Crippen molar-refractivity contribution < 1.29 is 27.5 Å². The first kappa shape index (κ1) is 25.3. The monoisotopic (exact) mass is 494 g/mol. The van der Waals surface area contributed by atoms with Crippen LogP contribution in [0.4, 0.5) is 24.5 Å². The number of thiocarbonyl (C=S) groups is 1. The average molecular weight is 495 g/mol. The summed E-state index contributed by atoms with van der Waals surface area (Å²) in [6.07, 6.45) is -4.87. The van der Waals surface area contributed by atoms with Crippen molar-refractivity contribution in [3.63, 3.8) is 0 Å². The van der Waals surface area contributed by atoms with E-state index in [4.69, 9.17) is 17.0 Å². The molecule has 1 fully saturated rings. The summed E-state index contributed by atoms with van der Waals surface area (Å²) in [7, 11) is 0. The summed E-state index contributed by atoms with van der Waals surface area (Å²) in [5.74, 6) is -1.60. The van der Waals surface area contributed by atoms with Gasteiger partial charge in [-0.25, -0.2) is 0 Å². The number of anilines is 2. The number of hydrogen-bond donors (Lipinski definition) is 2. The third-order valence-corrected chi connectivity index (χ3v) is 5.20. The smallest absolute Gasteiger partial charge is 0.471 e. The molecule has 2 aromatic carbocycles. The molecule has 1 saturated heterocycles. The molecule has 0 atom stereocenters. The molecule has 0 spiro atoms. The molecule has 7 nitrogen and oxygen atoms in total. The fourth-order valence-corrected chi connectivity index (χ4v) is 3.63. The van der Waals surface area contributed by atoms with E-state index in [1.54, 1.807) is 48.5 Å². The van der Waals surface area contributed by atoms with E-state index in [0.29, 0.717) is 30.1 Å². The van der Waals surface area contributed by atoms with Gasteiger partial charge in [-0.3, -0.25) is 14.9 Å². The van der Waals surface area contributed by atoms with Gasteiger partial charge in [-0.05, 0) is 68.5 Å². The lowest BCUT2D eigenvalue weighted by Crippen LogP contribution is -2.52. The molecule has 182 valence electrons. The summed E-state index contributed by atoms with van der Waals surface area (Å²) < 4.78 is 43.4. The Morgan fingerprint density at radius 1 is 1.03 bits per heavy atom.